The Morgan fingerprint density at radius 3 is 2.48 bits per heavy atom. The zero-order valence-electron chi connectivity index (χ0n) is 14.5. The number of aryl methyl sites for hydroxylation is 1. The number of hydrogen-bond donors (Lipinski definition) is 3. The van der Waals surface area contributed by atoms with Crippen LogP contribution in [-0.2, 0) is 6.54 Å². The lowest BCUT2D eigenvalue weighted by molar-refractivity contribution is 0.0506. The Labute approximate surface area is 137 Å². The van der Waals surface area contributed by atoms with Crippen LogP contribution in [-0.4, -0.2) is 49.6 Å². The second-order valence-corrected chi connectivity index (χ2v) is 13.2. The van der Waals surface area contributed by atoms with Crippen LogP contribution in [0.25, 0.3) is 11.2 Å². The van der Waals surface area contributed by atoms with Crippen molar-refractivity contribution in [2.45, 2.75) is 63.7 Å². The maximum absolute atomic E-state index is 10.6. The summed E-state index contributed by atoms with van der Waals surface area (Å²) in [5, 5.41) is 21.1. The number of aliphatic hydroxyl groups is 2. The van der Waals surface area contributed by atoms with Gasteiger partial charge in [-0.1, -0.05) is 33.9 Å². The molecule has 0 bridgehead atoms. The molecule has 0 aliphatic rings. The predicted octanol–water partition coefficient (Wildman–Crippen LogP) is 1.57. The Morgan fingerprint density at radius 2 is 1.87 bits per heavy atom. The first-order valence-corrected chi connectivity index (χ1v) is 10.9. The number of aromatic nitrogens is 4. The number of nitrogen functional groups attached to an aromatic ring is 1. The van der Waals surface area contributed by atoms with E-state index < -0.39 is 19.9 Å². The normalized spacial score (nSPS) is 15.8. The number of imidazole rings is 1. The number of nitrogens with zero attached hydrogens (tertiary/aromatic N) is 4. The smallest absolute Gasteiger partial charge is 0.165 e. The summed E-state index contributed by atoms with van der Waals surface area (Å²) in [4.78, 5) is 12.3. The van der Waals surface area contributed by atoms with Crippen LogP contribution >= 0.6 is 0 Å². The van der Waals surface area contributed by atoms with Crippen LogP contribution in [0, 0.1) is 0 Å². The van der Waals surface area contributed by atoms with E-state index in [1.54, 1.807) is 6.33 Å². The van der Waals surface area contributed by atoms with Gasteiger partial charge in [0.25, 0.3) is 0 Å². The molecule has 2 atom stereocenters. The molecular formula is C15H27N5O2Si. The maximum Gasteiger partial charge on any atom is 0.165 e. The van der Waals surface area contributed by atoms with Gasteiger partial charge in [0.2, 0.25) is 0 Å². The van der Waals surface area contributed by atoms with Crippen LogP contribution in [0.5, 0.6) is 0 Å². The van der Waals surface area contributed by atoms with Crippen molar-refractivity contribution in [2.24, 2.45) is 0 Å². The molecule has 128 valence electrons. The van der Waals surface area contributed by atoms with Crippen LogP contribution in [0.15, 0.2) is 12.7 Å². The Morgan fingerprint density at radius 1 is 1.22 bits per heavy atom. The van der Waals surface area contributed by atoms with E-state index in [2.05, 4.69) is 48.8 Å². The van der Waals surface area contributed by atoms with Crippen molar-refractivity contribution < 1.29 is 10.2 Å². The lowest BCUT2D eigenvalue weighted by Crippen LogP contribution is -2.54. The van der Waals surface area contributed by atoms with Crippen molar-refractivity contribution in [3.8, 4) is 0 Å². The molecule has 0 saturated carbocycles. The highest BCUT2D eigenvalue weighted by molar-refractivity contribution is 6.81. The third-order valence-corrected chi connectivity index (χ3v) is 10.9. The van der Waals surface area contributed by atoms with Crippen LogP contribution < -0.4 is 5.73 Å². The fourth-order valence-electron chi connectivity index (χ4n) is 2.42. The first-order valence-electron chi connectivity index (χ1n) is 7.83. The molecule has 2 aromatic heterocycles. The van der Waals surface area contributed by atoms with Crippen molar-refractivity contribution in [3.63, 3.8) is 0 Å². The van der Waals surface area contributed by atoms with Gasteiger partial charge in [-0.05, 0) is 11.5 Å². The lowest BCUT2D eigenvalue weighted by Gasteiger charge is -2.42. The first-order chi connectivity index (χ1) is 10.6. The molecular weight excluding hydrogens is 310 g/mol. The molecule has 4 N–H and O–H groups in total. The highest BCUT2D eigenvalue weighted by Crippen LogP contribution is 2.39. The quantitative estimate of drug-likeness (QED) is 0.714. The fourth-order valence-corrected chi connectivity index (χ4v) is 4.43. The van der Waals surface area contributed by atoms with Gasteiger partial charge in [-0.3, -0.25) is 0 Å². The molecule has 0 aliphatic heterocycles. The second-order valence-electron chi connectivity index (χ2n) is 7.64. The van der Waals surface area contributed by atoms with Crippen molar-refractivity contribution in [1.29, 1.82) is 0 Å². The van der Waals surface area contributed by atoms with Crippen LogP contribution in [0.1, 0.15) is 27.2 Å². The molecule has 0 fully saturated rings. The fraction of sp³-hybridized carbons (Fsp3) is 0.667. The highest BCUT2D eigenvalue weighted by Gasteiger charge is 2.44. The van der Waals surface area contributed by atoms with Gasteiger partial charge >= 0.3 is 0 Å². The molecule has 0 radical (unpaired) electrons. The highest BCUT2D eigenvalue weighted by atomic mass is 28.3. The third-order valence-electron chi connectivity index (χ3n) is 5.13. The standard InChI is InChI=1S/C15H27N5O2Si/c1-15(2,3)23(4,5)14(22)10(21)6-7-20-9-19-11-12(16)17-8-18-13(11)20/h8-10,14,21-22H,6-7H2,1-5H3,(H2,16,17,18). The number of hydrogen-bond acceptors (Lipinski definition) is 6. The van der Waals surface area contributed by atoms with Gasteiger partial charge in [0.1, 0.15) is 11.8 Å². The van der Waals surface area contributed by atoms with Crippen LogP contribution in [0.3, 0.4) is 0 Å². The van der Waals surface area contributed by atoms with E-state index in [0.717, 1.165) is 0 Å². The van der Waals surface area contributed by atoms with E-state index in [0.29, 0.717) is 29.9 Å². The number of rotatable bonds is 5. The predicted molar refractivity (Wildman–Crippen MR) is 93.6 cm³/mol. The molecule has 0 aliphatic carbocycles. The van der Waals surface area contributed by atoms with Gasteiger partial charge in [0.05, 0.1) is 26.2 Å². The summed E-state index contributed by atoms with van der Waals surface area (Å²) in [5.41, 5.74) is 6.29. The largest absolute Gasteiger partial charge is 0.394 e. The van der Waals surface area contributed by atoms with Gasteiger partial charge in [-0.15, -0.1) is 0 Å². The summed E-state index contributed by atoms with van der Waals surface area (Å²) < 4.78 is 1.83. The third kappa shape index (κ3) is 3.38. The van der Waals surface area contributed by atoms with E-state index in [9.17, 15) is 10.2 Å². The molecule has 2 unspecified atom stereocenters. The first kappa shape index (κ1) is 17.8. The van der Waals surface area contributed by atoms with E-state index in [4.69, 9.17) is 5.73 Å². The topological polar surface area (TPSA) is 110 Å². The van der Waals surface area contributed by atoms with Crippen molar-refractivity contribution >= 4 is 25.1 Å². The van der Waals surface area contributed by atoms with E-state index in [-0.39, 0.29) is 5.04 Å². The Bertz CT molecular complexity index is 680. The molecule has 7 nitrogen and oxygen atoms in total. The molecule has 2 heterocycles. The molecule has 2 aromatic rings. The maximum atomic E-state index is 10.6. The summed E-state index contributed by atoms with van der Waals surface area (Å²) in [7, 11) is -2.02. The molecule has 2 rings (SSSR count). The summed E-state index contributed by atoms with van der Waals surface area (Å²) in [5.74, 6) is 0.343. The van der Waals surface area contributed by atoms with Crippen molar-refractivity contribution in [1.82, 2.24) is 19.5 Å². The number of fused-ring (bicyclic) bond motifs is 1. The molecule has 0 spiro atoms. The summed E-state index contributed by atoms with van der Waals surface area (Å²) in [6.45, 7) is 11.1. The molecule has 8 heteroatoms. The minimum Gasteiger partial charge on any atom is -0.394 e. The zero-order valence-corrected chi connectivity index (χ0v) is 15.5. The molecule has 0 saturated heterocycles. The van der Waals surface area contributed by atoms with Crippen molar-refractivity contribution in [3.05, 3.63) is 12.7 Å². The monoisotopic (exact) mass is 337 g/mol. The molecule has 23 heavy (non-hydrogen) atoms. The van der Waals surface area contributed by atoms with Gasteiger partial charge in [0, 0.05) is 6.54 Å². The summed E-state index contributed by atoms with van der Waals surface area (Å²) in [6, 6.07) is 0. The minimum absolute atomic E-state index is 0.0107. The van der Waals surface area contributed by atoms with Gasteiger partial charge < -0.3 is 20.5 Å². The van der Waals surface area contributed by atoms with E-state index in [1.807, 2.05) is 4.57 Å². The minimum atomic E-state index is -2.02. The van der Waals surface area contributed by atoms with Gasteiger partial charge in [-0.25, -0.2) is 15.0 Å². The van der Waals surface area contributed by atoms with Crippen LogP contribution in [0.2, 0.25) is 18.1 Å². The average Bonchev–Trinajstić information content (AvgIpc) is 2.87. The zero-order chi connectivity index (χ0) is 17.4. The Kier molecular flexibility index (Phi) is 4.79. The van der Waals surface area contributed by atoms with Gasteiger partial charge in [0.15, 0.2) is 11.5 Å². The lowest BCUT2D eigenvalue weighted by atomic mass is 10.2. The second kappa shape index (κ2) is 6.18. The summed E-state index contributed by atoms with van der Waals surface area (Å²) >= 11 is 0. The Hall–Kier alpha value is -1.51. The molecule has 0 amide bonds. The summed E-state index contributed by atoms with van der Waals surface area (Å²) in [6.07, 6.45) is 2.70. The number of anilines is 1. The number of aliphatic hydroxyl groups excluding tert-OH is 2. The Balaban J connectivity index is 2.09. The molecule has 0 aromatic carbocycles. The van der Waals surface area contributed by atoms with Gasteiger partial charge in [-0.2, -0.15) is 0 Å². The number of nitrogens with two attached hydrogens (primary N) is 1. The van der Waals surface area contributed by atoms with Crippen molar-refractivity contribution in [2.75, 3.05) is 5.73 Å². The average molecular weight is 338 g/mol. The van der Waals surface area contributed by atoms with E-state index in [1.165, 1.54) is 6.33 Å². The van der Waals surface area contributed by atoms with Crippen LogP contribution in [0.4, 0.5) is 5.82 Å². The SMILES string of the molecule is CC(C)(C)[Si](C)(C)C(O)C(O)CCn1cnc2c(N)ncnc21. The van der Waals surface area contributed by atoms with E-state index >= 15 is 0 Å².